The molecule has 0 saturated heterocycles. The van der Waals surface area contributed by atoms with Gasteiger partial charge in [-0.3, -0.25) is 0 Å². The number of aliphatic hydroxyl groups is 1. The zero-order chi connectivity index (χ0) is 13.9. The van der Waals surface area contributed by atoms with Crippen molar-refractivity contribution in [3.63, 3.8) is 0 Å². The van der Waals surface area contributed by atoms with Crippen molar-refractivity contribution in [1.29, 1.82) is 0 Å². The van der Waals surface area contributed by atoms with Gasteiger partial charge in [-0.05, 0) is 56.5 Å². The number of nitrogens with one attached hydrogen (secondary N) is 1. The number of rotatable bonds is 10. The summed E-state index contributed by atoms with van der Waals surface area (Å²) in [6.45, 7) is 6.95. The largest absolute Gasteiger partial charge is 0.494 e. The summed E-state index contributed by atoms with van der Waals surface area (Å²) in [5.74, 6) is 0.979. The minimum atomic E-state index is 0.226. The minimum Gasteiger partial charge on any atom is -0.494 e. The molecule has 0 spiro atoms. The van der Waals surface area contributed by atoms with Crippen LogP contribution in [0.1, 0.15) is 36.8 Å². The summed E-state index contributed by atoms with van der Waals surface area (Å²) < 4.78 is 5.74. The molecule has 0 fully saturated rings. The van der Waals surface area contributed by atoms with Gasteiger partial charge in [0.05, 0.1) is 13.2 Å². The van der Waals surface area contributed by atoms with Gasteiger partial charge < -0.3 is 15.2 Å². The van der Waals surface area contributed by atoms with E-state index in [1.165, 1.54) is 30.4 Å². The Bertz CT molecular complexity index is 353. The summed E-state index contributed by atoms with van der Waals surface area (Å²) in [5.41, 5.74) is 2.59. The van der Waals surface area contributed by atoms with Crippen molar-refractivity contribution in [2.45, 2.75) is 39.5 Å². The molecule has 1 aromatic carbocycles. The van der Waals surface area contributed by atoms with Gasteiger partial charge in [0, 0.05) is 6.54 Å². The highest BCUT2D eigenvalue weighted by atomic mass is 16.5. The molecule has 0 aromatic heterocycles. The van der Waals surface area contributed by atoms with Crippen LogP contribution in [0.25, 0.3) is 0 Å². The zero-order valence-electron chi connectivity index (χ0n) is 12.2. The third kappa shape index (κ3) is 7.19. The summed E-state index contributed by atoms with van der Waals surface area (Å²) >= 11 is 0. The second kappa shape index (κ2) is 9.82. The van der Waals surface area contributed by atoms with Crippen LogP contribution in [0.15, 0.2) is 18.2 Å². The van der Waals surface area contributed by atoms with E-state index in [1.807, 2.05) is 6.07 Å². The average Bonchev–Trinajstić information content (AvgIpc) is 2.41. The lowest BCUT2D eigenvalue weighted by Gasteiger charge is -2.08. The van der Waals surface area contributed by atoms with E-state index >= 15 is 0 Å². The van der Waals surface area contributed by atoms with Crippen molar-refractivity contribution < 1.29 is 9.84 Å². The van der Waals surface area contributed by atoms with E-state index in [4.69, 9.17) is 9.84 Å². The molecule has 0 unspecified atom stereocenters. The summed E-state index contributed by atoms with van der Waals surface area (Å²) in [4.78, 5) is 0. The lowest BCUT2D eigenvalue weighted by molar-refractivity contribution is 0.290. The summed E-state index contributed by atoms with van der Waals surface area (Å²) in [6.07, 6.45) is 4.69. The van der Waals surface area contributed by atoms with Crippen molar-refractivity contribution in [2.24, 2.45) is 0 Å². The van der Waals surface area contributed by atoms with Gasteiger partial charge in [-0.2, -0.15) is 0 Å². The highest BCUT2D eigenvalue weighted by Crippen LogP contribution is 2.16. The Balaban J connectivity index is 2.00. The quantitative estimate of drug-likeness (QED) is 0.639. The predicted molar refractivity (Wildman–Crippen MR) is 79.8 cm³/mol. The Morgan fingerprint density at radius 3 is 2.53 bits per heavy atom. The van der Waals surface area contributed by atoms with Gasteiger partial charge in [0.2, 0.25) is 0 Å². The van der Waals surface area contributed by atoms with Gasteiger partial charge in [-0.15, -0.1) is 0 Å². The van der Waals surface area contributed by atoms with Crippen molar-refractivity contribution in [2.75, 3.05) is 26.3 Å². The molecule has 0 aliphatic carbocycles. The average molecular weight is 265 g/mol. The number of hydrogen-bond acceptors (Lipinski definition) is 3. The fourth-order valence-electron chi connectivity index (χ4n) is 1.90. The van der Waals surface area contributed by atoms with Crippen LogP contribution < -0.4 is 10.1 Å². The maximum absolute atomic E-state index is 8.60. The van der Waals surface area contributed by atoms with Crippen LogP contribution in [0.2, 0.25) is 0 Å². The van der Waals surface area contributed by atoms with E-state index < -0.39 is 0 Å². The van der Waals surface area contributed by atoms with Gasteiger partial charge in [0.1, 0.15) is 5.75 Å². The second-order valence-corrected chi connectivity index (χ2v) is 4.98. The fourth-order valence-corrected chi connectivity index (χ4v) is 1.90. The Labute approximate surface area is 117 Å². The van der Waals surface area contributed by atoms with Crippen LogP contribution in [-0.2, 0) is 0 Å². The molecule has 0 aliphatic heterocycles. The molecule has 0 radical (unpaired) electrons. The molecule has 3 heteroatoms. The molecule has 108 valence electrons. The molecule has 19 heavy (non-hydrogen) atoms. The van der Waals surface area contributed by atoms with Crippen molar-refractivity contribution in [1.82, 2.24) is 5.32 Å². The summed E-state index contributed by atoms with van der Waals surface area (Å²) in [7, 11) is 0. The number of unbranched alkanes of at least 4 members (excludes halogenated alkanes) is 3. The maximum Gasteiger partial charge on any atom is 0.119 e. The maximum atomic E-state index is 8.60. The molecule has 0 bridgehead atoms. The Hall–Kier alpha value is -1.06. The summed E-state index contributed by atoms with van der Waals surface area (Å²) in [5, 5.41) is 11.8. The molecule has 1 rings (SSSR count). The molecular formula is C16H27NO2. The molecule has 0 aliphatic rings. The topological polar surface area (TPSA) is 41.5 Å². The Morgan fingerprint density at radius 2 is 1.79 bits per heavy atom. The van der Waals surface area contributed by atoms with Gasteiger partial charge in [0.25, 0.3) is 0 Å². The minimum absolute atomic E-state index is 0.226. The van der Waals surface area contributed by atoms with Crippen molar-refractivity contribution in [3.8, 4) is 5.75 Å². The third-order valence-electron chi connectivity index (χ3n) is 3.28. The lowest BCUT2D eigenvalue weighted by Crippen LogP contribution is -2.19. The van der Waals surface area contributed by atoms with Crippen LogP contribution in [0.5, 0.6) is 5.75 Å². The van der Waals surface area contributed by atoms with Crippen molar-refractivity contribution >= 4 is 0 Å². The molecule has 2 N–H and O–H groups in total. The van der Waals surface area contributed by atoms with E-state index in [0.29, 0.717) is 6.54 Å². The van der Waals surface area contributed by atoms with E-state index in [-0.39, 0.29) is 6.61 Å². The van der Waals surface area contributed by atoms with Gasteiger partial charge in [-0.25, -0.2) is 0 Å². The van der Waals surface area contributed by atoms with Crippen LogP contribution in [0, 0.1) is 13.8 Å². The molecular weight excluding hydrogens is 238 g/mol. The Morgan fingerprint density at radius 1 is 1.00 bits per heavy atom. The van der Waals surface area contributed by atoms with Crippen LogP contribution >= 0.6 is 0 Å². The SMILES string of the molecule is Cc1ccc(OCCCCCCNCCO)cc1C. The number of aryl methyl sites for hydroxylation is 2. The van der Waals surface area contributed by atoms with E-state index in [9.17, 15) is 0 Å². The second-order valence-electron chi connectivity index (χ2n) is 4.98. The Kier molecular flexibility index (Phi) is 8.26. The van der Waals surface area contributed by atoms with E-state index in [1.54, 1.807) is 0 Å². The normalized spacial score (nSPS) is 10.7. The molecule has 0 amide bonds. The van der Waals surface area contributed by atoms with Crippen LogP contribution in [0.4, 0.5) is 0 Å². The first-order valence-electron chi connectivity index (χ1n) is 7.25. The van der Waals surface area contributed by atoms with Crippen LogP contribution in [-0.4, -0.2) is 31.4 Å². The van der Waals surface area contributed by atoms with Crippen LogP contribution in [0.3, 0.4) is 0 Å². The molecule has 1 aromatic rings. The lowest BCUT2D eigenvalue weighted by atomic mass is 10.1. The molecule has 0 atom stereocenters. The first kappa shape index (κ1) is 16.0. The van der Waals surface area contributed by atoms with E-state index in [0.717, 1.165) is 25.3 Å². The fraction of sp³-hybridized carbons (Fsp3) is 0.625. The van der Waals surface area contributed by atoms with Gasteiger partial charge in [-0.1, -0.05) is 18.9 Å². The van der Waals surface area contributed by atoms with Gasteiger partial charge in [0.15, 0.2) is 0 Å². The highest BCUT2D eigenvalue weighted by Gasteiger charge is 1.97. The summed E-state index contributed by atoms with van der Waals surface area (Å²) in [6, 6.07) is 6.26. The number of aliphatic hydroxyl groups excluding tert-OH is 1. The number of hydrogen-bond donors (Lipinski definition) is 2. The predicted octanol–water partition coefficient (Wildman–Crippen LogP) is 2.82. The number of benzene rings is 1. The molecule has 0 heterocycles. The van der Waals surface area contributed by atoms with E-state index in [2.05, 4.69) is 31.3 Å². The zero-order valence-corrected chi connectivity index (χ0v) is 12.2. The first-order chi connectivity index (χ1) is 9.24. The number of ether oxygens (including phenoxy) is 1. The van der Waals surface area contributed by atoms with Crippen molar-refractivity contribution in [3.05, 3.63) is 29.3 Å². The van der Waals surface area contributed by atoms with Gasteiger partial charge >= 0.3 is 0 Å². The molecule has 0 saturated carbocycles. The third-order valence-corrected chi connectivity index (χ3v) is 3.28. The standard InChI is InChI=1S/C16H27NO2/c1-14-7-8-16(13-15(14)2)19-12-6-4-3-5-9-17-10-11-18/h7-8,13,17-18H,3-6,9-12H2,1-2H3. The monoisotopic (exact) mass is 265 g/mol. The smallest absolute Gasteiger partial charge is 0.119 e. The molecule has 3 nitrogen and oxygen atoms in total. The first-order valence-corrected chi connectivity index (χ1v) is 7.25. The highest BCUT2D eigenvalue weighted by molar-refractivity contribution is 5.33.